The first-order chi connectivity index (χ1) is 15.6. The van der Waals surface area contributed by atoms with Gasteiger partial charge >= 0.3 is 0 Å². The van der Waals surface area contributed by atoms with Crippen LogP contribution in [0.2, 0.25) is 5.02 Å². The average Bonchev–Trinajstić information content (AvgIpc) is 2.77. The van der Waals surface area contributed by atoms with Crippen molar-refractivity contribution in [3.8, 4) is 0 Å². The SMILES string of the molecule is CCN(CC)CCCC(C)Nc1ccnc2cc(Cl)ccc12.Nc1ccc(S(=O)(=O)O)cc1. The van der Waals surface area contributed by atoms with Crippen LogP contribution >= 0.6 is 11.6 Å². The molecular weight excluding hydrogens is 460 g/mol. The molecule has 0 aliphatic rings. The Balaban J connectivity index is 0.000000294. The molecule has 180 valence electrons. The second kappa shape index (κ2) is 12.7. The zero-order valence-corrected chi connectivity index (χ0v) is 20.9. The summed E-state index contributed by atoms with van der Waals surface area (Å²) >= 11 is 6.04. The Bertz CT molecular complexity index is 1120. The number of nitrogen functional groups attached to an aromatic ring is 1. The summed E-state index contributed by atoms with van der Waals surface area (Å²) in [6.45, 7) is 10.1. The summed E-state index contributed by atoms with van der Waals surface area (Å²) in [5.74, 6) is 0. The van der Waals surface area contributed by atoms with E-state index in [-0.39, 0.29) is 4.90 Å². The first-order valence-corrected chi connectivity index (χ1v) is 12.8. The number of nitrogens with one attached hydrogen (secondary N) is 1. The molecule has 0 bridgehead atoms. The molecule has 3 rings (SSSR count). The molecule has 1 atom stereocenters. The highest BCUT2D eigenvalue weighted by Crippen LogP contribution is 2.25. The van der Waals surface area contributed by atoms with Gasteiger partial charge in [0.05, 0.1) is 10.4 Å². The number of aromatic nitrogens is 1. The standard InChI is InChI=1S/C18H26ClN3.C6H7NO3S/c1-4-22(5-2)12-6-7-14(3)21-17-10-11-20-18-13-15(19)8-9-16(17)18;7-5-1-3-6(4-2-5)11(8,9)10/h8-11,13-14H,4-7,12H2,1-3H3,(H,20,21);1-4H,7H2,(H,8,9,10). The Kier molecular flexibility index (Phi) is 10.4. The van der Waals surface area contributed by atoms with Crippen molar-refractivity contribution in [3.63, 3.8) is 0 Å². The maximum Gasteiger partial charge on any atom is 0.294 e. The molecule has 0 fully saturated rings. The number of hydrogen-bond acceptors (Lipinski definition) is 6. The first kappa shape index (κ1) is 26.9. The van der Waals surface area contributed by atoms with Crippen LogP contribution in [0.15, 0.2) is 59.6 Å². The summed E-state index contributed by atoms with van der Waals surface area (Å²) in [6, 6.07) is 13.6. The Morgan fingerprint density at radius 1 is 1.12 bits per heavy atom. The highest BCUT2D eigenvalue weighted by Gasteiger charge is 2.08. The van der Waals surface area contributed by atoms with Crippen molar-refractivity contribution >= 4 is 44.0 Å². The van der Waals surface area contributed by atoms with E-state index in [1.54, 1.807) is 0 Å². The van der Waals surface area contributed by atoms with Crippen LogP contribution in [0.1, 0.15) is 33.6 Å². The molecular formula is C24H33ClN4O3S. The molecule has 2 aromatic carbocycles. The van der Waals surface area contributed by atoms with E-state index in [1.165, 1.54) is 37.2 Å². The molecule has 33 heavy (non-hydrogen) atoms. The van der Waals surface area contributed by atoms with Crippen LogP contribution in [0.25, 0.3) is 10.9 Å². The average molecular weight is 493 g/mol. The van der Waals surface area contributed by atoms with Crippen LogP contribution in [0, 0.1) is 0 Å². The number of nitrogens with two attached hydrogens (primary N) is 1. The molecule has 9 heteroatoms. The minimum absolute atomic E-state index is 0.147. The van der Waals surface area contributed by atoms with Crippen molar-refractivity contribution in [2.75, 3.05) is 30.7 Å². The fourth-order valence-corrected chi connectivity index (χ4v) is 4.03. The summed E-state index contributed by atoms with van der Waals surface area (Å²) in [5.41, 5.74) is 7.82. The summed E-state index contributed by atoms with van der Waals surface area (Å²) in [6.07, 6.45) is 4.21. The van der Waals surface area contributed by atoms with Crippen molar-refractivity contribution in [1.29, 1.82) is 0 Å². The monoisotopic (exact) mass is 492 g/mol. The Hall–Kier alpha value is -2.39. The lowest BCUT2D eigenvalue weighted by Gasteiger charge is -2.20. The van der Waals surface area contributed by atoms with Gasteiger partial charge in [0.1, 0.15) is 0 Å². The maximum atomic E-state index is 10.5. The fraction of sp³-hybridized carbons (Fsp3) is 0.375. The van der Waals surface area contributed by atoms with Gasteiger partial charge in [0.25, 0.3) is 10.1 Å². The third-order valence-corrected chi connectivity index (χ3v) is 6.39. The van der Waals surface area contributed by atoms with Crippen LogP contribution < -0.4 is 11.1 Å². The van der Waals surface area contributed by atoms with Crippen LogP contribution in [0.5, 0.6) is 0 Å². The minimum Gasteiger partial charge on any atom is -0.399 e. The molecule has 4 N–H and O–H groups in total. The quantitative estimate of drug-likeness (QED) is 0.273. The second-order valence-corrected chi connectivity index (χ2v) is 9.64. The Morgan fingerprint density at radius 2 is 1.79 bits per heavy atom. The largest absolute Gasteiger partial charge is 0.399 e. The minimum atomic E-state index is -4.08. The van der Waals surface area contributed by atoms with Gasteiger partial charge in [-0.1, -0.05) is 25.4 Å². The number of halogens is 1. The van der Waals surface area contributed by atoms with Crippen molar-refractivity contribution < 1.29 is 13.0 Å². The maximum absolute atomic E-state index is 10.5. The van der Waals surface area contributed by atoms with Gasteiger partial charge in [-0.2, -0.15) is 8.42 Å². The van der Waals surface area contributed by atoms with Crippen molar-refractivity contribution in [1.82, 2.24) is 9.88 Å². The van der Waals surface area contributed by atoms with Gasteiger partial charge in [0, 0.05) is 34.0 Å². The van der Waals surface area contributed by atoms with Gasteiger partial charge in [0.15, 0.2) is 0 Å². The molecule has 0 saturated heterocycles. The Labute approximate surface area is 201 Å². The molecule has 0 saturated carbocycles. The zero-order chi connectivity index (χ0) is 24.4. The smallest absolute Gasteiger partial charge is 0.294 e. The molecule has 1 aromatic heterocycles. The third kappa shape index (κ3) is 8.81. The van der Waals surface area contributed by atoms with E-state index in [1.807, 2.05) is 30.5 Å². The van der Waals surface area contributed by atoms with Crippen molar-refractivity contribution in [3.05, 3.63) is 59.8 Å². The second-order valence-electron chi connectivity index (χ2n) is 7.78. The van der Waals surface area contributed by atoms with E-state index < -0.39 is 10.1 Å². The zero-order valence-electron chi connectivity index (χ0n) is 19.3. The molecule has 0 aliphatic heterocycles. The third-order valence-electron chi connectivity index (χ3n) is 5.29. The number of benzene rings is 2. The number of pyridine rings is 1. The van der Waals surface area contributed by atoms with Crippen LogP contribution in [0.4, 0.5) is 11.4 Å². The van der Waals surface area contributed by atoms with E-state index in [0.717, 1.165) is 41.1 Å². The van der Waals surface area contributed by atoms with Crippen LogP contribution in [0.3, 0.4) is 0 Å². The van der Waals surface area contributed by atoms with E-state index >= 15 is 0 Å². The van der Waals surface area contributed by atoms with Gasteiger partial charge in [-0.25, -0.2) is 0 Å². The van der Waals surface area contributed by atoms with E-state index in [4.69, 9.17) is 21.9 Å². The summed E-state index contributed by atoms with van der Waals surface area (Å²) in [5, 5.41) is 5.47. The predicted octanol–water partition coefficient (Wildman–Crippen LogP) is 5.33. The normalized spacial score (nSPS) is 12.3. The molecule has 3 aromatic rings. The number of fused-ring (bicyclic) bond motifs is 1. The first-order valence-electron chi connectivity index (χ1n) is 11.0. The lowest BCUT2D eigenvalue weighted by atomic mass is 10.1. The predicted molar refractivity (Wildman–Crippen MR) is 138 cm³/mol. The molecule has 0 amide bonds. The van der Waals surface area contributed by atoms with Crippen LogP contribution in [-0.2, 0) is 10.1 Å². The van der Waals surface area contributed by atoms with Crippen molar-refractivity contribution in [2.45, 2.75) is 44.6 Å². The van der Waals surface area contributed by atoms with E-state index in [9.17, 15) is 8.42 Å². The molecule has 1 unspecified atom stereocenters. The summed E-state index contributed by atoms with van der Waals surface area (Å²) in [7, 11) is -4.08. The molecule has 7 nitrogen and oxygen atoms in total. The summed E-state index contributed by atoms with van der Waals surface area (Å²) in [4.78, 5) is 6.71. The molecule has 0 radical (unpaired) electrons. The highest BCUT2D eigenvalue weighted by atomic mass is 35.5. The topological polar surface area (TPSA) is 109 Å². The van der Waals surface area contributed by atoms with Gasteiger partial charge in [0.2, 0.25) is 0 Å². The number of hydrogen-bond donors (Lipinski definition) is 3. The highest BCUT2D eigenvalue weighted by molar-refractivity contribution is 7.85. The van der Waals surface area contributed by atoms with Crippen LogP contribution in [-0.4, -0.2) is 48.5 Å². The Morgan fingerprint density at radius 3 is 2.39 bits per heavy atom. The fourth-order valence-electron chi connectivity index (χ4n) is 3.39. The molecule has 1 heterocycles. The van der Waals surface area contributed by atoms with Gasteiger partial charge in [-0.15, -0.1) is 0 Å². The van der Waals surface area contributed by atoms with Gasteiger partial charge in [-0.3, -0.25) is 9.54 Å². The van der Waals surface area contributed by atoms with Gasteiger partial charge in [-0.05, 0) is 87.9 Å². The van der Waals surface area contributed by atoms with E-state index in [0.29, 0.717) is 11.7 Å². The number of nitrogens with zero attached hydrogens (tertiary/aromatic N) is 2. The molecule has 0 spiro atoms. The number of rotatable bonds is 9. The lowest BCUT2D eigenvalue weighted by Crippen LogP contribution is -2.25. The van der Waals surface area contributed by atoms with Gasteiger partial charge < -0.3 is 16.0 Å². The van der Waals surface area contributed by atoms with E-state index in [2.05, 4.69) is 36.0 Å². The summed E-state index contributed by atoms with van der Waals surface area (Å²) < 4.78 is 29.4. The van der Waals surface area contributed by atoms with Crippen molar-refractivity contribution in [2.24, 2.45) is 0 Å². The lowest BCUT2D eigenvalue weighted by molar-refractivity contribution is 0.295. The molecule has 0 aliphatic carbocycles. The number of anilines is 2.